The number of nitrogens with one attached hydrogen (secondary N) is 1. The summed E-state index contributed by atoms with van der Waals surface area (Å²) in [5.41, 5.74) is 2.54. The van der Waals surface area contributed by atoms with Crippen LogP contribution in [0.15, 0.2) is 17.1 Å². The van der Waals surface area contributed by atoms with Crippen molar-refractivity contribution in [3.05, 3.63) is 45.7 Å². The van der Waals surface area contributed by atoms with Crippen molar-refractivity contribution in [2.75, 3.05) is 26.3 Å². The molecule has 3 aromatic heterocycles. The predicted octanol–water partition coefficient (Wildman–Crippen LogP) is 2.04. The van der Waals surface area contributed by atoms with Gasteiger partial charge in [0.15, 0.2) is 5.65 Å². The molecule has 0 spiro atoms. The highest BCUT2D eigenvalue weighted by molar-refractivity contribution is 5.73. The molecular formula is C21H27N7O2. The Morgan fingerprint density at radius 1 is 1.13 bits per heavy atom. The number of likely N-dealkylation sites (tertiary alicyclic amines) is 1. The average Bonchev–Trinajstić information content (AvgIpc) is 3.11. The molecular weight excluding hydrogens is 382 g/mol. The molecule has 1 atom stereocenters. The highest BCUT2D eigenvalue weighted by atomic mass is 16.5. The van der Waals surface area contributed by atoms with Gasteiger partial charge >= 0.3 is 0 Å². The number of fused-ring (bicyclic) bond motifs is 1. The second-order valence-electron chi connectivity index (χ2n) is 8.46. The van der Waals surface area contributed by atoms with E-state index in [1.165, 1.54) is 0 Å². The Morgan fingerprint density at radius 3 is 2.53 bits per heavy atom. The lowest BCUT2D eigenvalue weighted by Gasteiger charge is -2.41. The molecule has 5 heterocycles. The predicted molar refractivity (Wildman–Crippen MR) is 111 cm³/mol. The van der Waals surface area contributed by atoms with Gasteiger partial charge in [-0.3, -0.25) is 9.69 Å². The fourth-order valence-electron chi connectivity index (χ4n) is 4.45. The minimum Gasteiger partial charge on any atom is -0.381 e. The summed E-state index contributed by atoms with van der Waals surface area (Å²) in [6, 6.07) is 2.22. The number of hydrogen-bond donors (Lipinski definition) is 1. The van der Waals surface area contributed by atoms with Crippen LogP contribution in [0.5, 0.6) is 0 Å². The van der Waals surface area contributed by atoms with Crippen molar-refractivity contribution < 1.29 is 4.74 Å². The molecule has 0 saturated carbocycles. The third-order valence-electron chi connectivity index (χ3n) is 6.24. The van der Waals surface area contributed by atoms with Gasteiger partial charge in [0.1, 0.15) is 17.0 Å². The fraction of sp³-hybridized carbons (Fsp3) is 0.571. The number of rotatable bonds is 4. The SMILES string of the molecule is Cc1cc(C)nc(C2CN([C@H](C)c3nc4c(cnn4C4CCOCC4)c(=O)[nH]3)C2)n1. The second kappa shape index (κ2) is 7.55. The summed E-state index contributed by atoms with van der Waals surface area (Å²) in [7, 11) is 0. The van der Waals surface area contributed by atoms with Crippen LogP contribution in [0.3, 0.4) is 0 Å². The minimum atomic E-state index is -0.130. The quantitative estimate of drug-likeness (QED) is 0.703. The monoisotopic (exact) mass is 409 g/mol. The third kappa shape index (κ3) is 3.41. The van der Waals surface area contributed by atoms with E-state index in [2.05, 4.69) is 31.9 Å². The largest absolute Gasteiger partial charge is 0.381 e. The third-order valence-corrected chi connectivity index (χ3v) is 6.24. The number of aromatic amines is 1. The smallest absolute Gasteiger partial charge is 0.262 e. The van der Waals surface area contributed by atoms with E-state index in [0.29, 0.717) is 36.0 Å². The van der Waals surface area contributed by atoms with Crippen LogP contribution in [0.1, 0.15) is 60.8 Å². The Morgan fingerprint density at radius 2 is 1.83 bits per heavy atom. The van der Waals surface area contributed by atoms with Gasteiger partial charge < -0.3 is 9.72 Å². The zero-order valence-electron chi connectivity index (χ0n) is 17.6. The Kier molecular flexibility index (Phi) is 4.86. The van der Waals surface area contributed by atoms with E-state index in [1.807, 2.05) is 24.6 Å². The van der Waals surface area contributed by atoms with Crippen molar-refractivity contribution >= 4 is 11.0 Å². The van der Waals surface area contributed by atoms with Gasteiger partial charge in [-0.05, 0) is 39.7 Å². The maximum absolute atomic E-state index is 12.7. The Balaban J connectivity index is 1.37. The molecule has 0 aliphatic carbocycles. The highest BCUT2D eigenvalue weighted by Gasteiger charge is 2.35. The molecule has 3 aromatic rings. The van der Waals surface area contributed by atoms with E-state index in [4.69, 9.17) is 9.72 Å². The van der Waals surface area contributed by atoms with Crippen LogP contribution < -0.4 is 5.56 Å². The second-order valence-corrected chi connectivity index (χ2v) is 8.46. The number of ether oxygens (including phenoxy) is 1. The molecule has 30 heavy (non-hydrogen) atoms. The van der Waals surface area contributed by atoms with Crippen molar-refractivity contribution in [2.45, 2.75) is 51.6 Å². The van der Waals surface area contributed by atoms with Gasteiger partial charge in [-0.15, -0.1) is 0 Å². The summed E-state index contributed by atoms with van der Waals surface area (Å²) in [4.78, 5) is 32.0. The fourth-order valence-corrected chi connectivity index (χ4v) is 4.45. The van der Waals surface area contributed by atoms with E-state index in [0.717, 1.165) is 43.1 Å². The normalized spacial score (nSPS) is 19.8. The van der Waals surface area contributed by atoms with Gasteiger partial charge in [0, 0.05) is 43.6 Å². The van der Waals surface area contributed by atoms with Gasteiger partial charge in [-0.25, -0.2) is 19.6 Å². The topological polar surface area (TPSA) is 102 Å². The van der Waals surface area contributed by atoms with E-state index < -0.39 is 0 Å². The first kappa shape index (κ1) is 19.3. The van der Waals surface area contributed by atoms with Gasteiger partial charge in [0.25, 0.3) is 5.56 Å². The van der Waals surface area contributed by atoms with E-state index in [-0.39, 0.29) is 17.6 Å². The lowest BCUT2D eigenvalue weighted by atomic mass is 9.96. The summed E-state index contributed by atoms with van der Waals surface area (Å²) < 4.78 is 7.37. The molecule has 0 unspecified atom stereocenters. The first-order chi connectivity index (χ1) is 14.5. The summed E-state index contributed by atoms with van der Waals surface area (Å²) >= 11 is 0. The molecule has 0 aromatic carbocycles. The van der Waals surface area contributed by atoms with Crippen LogP contribution in [-0.4, -0.2) is 60.9 Å². The van der Waals surface area contributed by atoms with Crippen LogP contribution in [0.2, 0.25) is 0 Å². The summed E-state index contributed by atoms with van der Waals surface area (Å²) in [5, 5.41) is 5.02. The van der Waals surface area contributed by atoms with Crippen LogP contribution in [0.25, 0.3) is 11.0 Å². The molecule has 0 amide bonds. The molecule has 9 heteroatoms. The molecule has 0 radical (unpaired) electrons. The van der Waals surface area contributed by atoms with Crippen molar-refractivity contribution in [2.24, 2.45) is 0 Å². The van der Waals surface area contributed by atoms with Gasteiger partial charge in [-0.2, -0.15) is 5.10 Å². The van der Waals surface area contributed by atoms with Gasteiger partial charge in [-0.1, -0.05) is 0 Å². The number of nitrogens with zero attached hydrogens (tertiary/aromatic N) is 6. The number of hydrogen-bond acceptors (Lipinski definition) is 7. The lowest BCUT2D eigenvalue weighted by Crippen LogP contribution is -2.47. The Labute approximate surface area is 174 Å². The summed E-state index contributed by atoms with van der Waals surface area (Å²) in [6.45, 7) is 9.22. The van der Waals surface area contributed by atoms with Gasteiger partial charge in [0.05, 0.1) is 18.3 Å². The van der Waals surface area contributed by atoms with Gasteiger partial charge in [0.2, 0.25) is 0 Å². The number of aryl methyl sites for hydroxylation is 2. The van der Waals surface area contributed by atoms with E-state index in [9.17, 15) is 4.79 Å². The highest BCUT2D eigenvalue weighted by Crippen LogP contribution is 2.32. The number of H-pyrrole nitrogens is 1. The van der Waals surface area contributed by atoms with Crippen LogP contribution in [-0.2, 0) is 4.74 Å². The molecule has 158 valence electrons. The zero-order valence-corrected chi connectivity index (χ0v) is 17.6. The number of aromatic nitrogens is 6. The Hall–Kier alpha value is -2.65. The molecule has 0 bridgehead atoms. The molecule has 2 saturated heterocycles. The minimum absolute atomic E-state index is 0.00213. The van der Waals surface area contributed by atoms with Crippen molar-refractivity contribution in [1.29, 1.82) is 0 Å². The van der Waals surface area contributed by atoms with Crippen molar-refractivity contribution in [1.82, 2.24) is 34.6 Å². The maximum Gasteiger partial charge on any atom is 0.262 e. The summed E-state index contributed by atoms with van der Waals surface area (Å²) in [6.07, 6.45) is 3.40. The van der Waals surface area contributed by atoms with E-state index in [1.54, 1.807) is 6.20 Å². The van der Waals surface area contributed by atoms with Crippen LogP contribution in [0.4, 0.5) is 0 Å². The zero-order chi connectivity index (χ0) is 20.8. The first-order valence-electron chi connectivity index (χ1n) is 10.6. The molecule has 2 aliphatic rings. The standard InChI is InChI=1S/C21H27N7O2/c1-12-8-13(2)24-19(23-12)15-10-27(11-15)14(3)18-25-20-17(21(29)26-18)9-22-28(20)16-4-6-30-7-5-16/h8-9,14-16H,4-7,10-11H2,1-3H3,(H,25,26,29)/t14-/m1/s1. The Bertz CT molecular complexity index is 1110. The van der Waals surface area contributed by atoms with Crippen molar-refractivity contribution in [3.8, 4) is 0 Å². The molecule has 5 rings (SSSR count). The summed E-state index contributed by atoms with van der Waals surface area (Å²) in [5.74, 6) is 1.90. The van der Waals surface area contributed by atoms with Crippen molar-refractivity contribution in [3.63, 3.8) is 0 Å². The first-order valence-corrected chi connectivity index (χ1v) is 10.6. The molecule has 2 aliphatic heterocycles. The lowest BCUT2D eigenvalue weighted by molar-refractivity contribution is 0.0672. The average molecular weight is 409 g/mol. The molecule has 1 N–H and O–H groups in total. The van der Waals surface area contributed by atoms with Crippen LogP contribution in [0, 0.1) is 13.8 Å². The molecule has 2 fully saturated rings. The maximum atomic E-state index is 12.7. The molecule has 9 nitrogen and oxygen atoms in total. The van der Waals surface area contributed by atoms with Crippen LogP contribution >= 0.6 is 0 Å². The van der Waals surface area contributed by atoms with E-state index >= 15 is 0 Å².